The number of carbonyl (C=O) groups is 4. The molecular formula is C33H28N4O9. The van der Waals surface area contributed by atoms with Crippen LogP contribution in [0, 0.1) is 10.1 Å². The number of nitrogens with zero attached hydrogens (tertiary/aromatic N) is 1. The third-order valence-corrected chi connectivity index (χ3v) is 7.18. The van der Waals surface area contributed by atoms with Crippen molar-refractivity contribution in [1.82, 2.24) is 5.32 Å². The number of nitro benzene ring substituents is 1. The molecule has 4 N–H and O–H groups in total. The Morgan fingerprint density at radius 1 is 0.826 bits per heavy atom. The number of anilines is 1. The molecular weight excluding hydrogens is 596 g/mol. The van der Waals surface area contributed by atoms with Crippen molar-refractivity contribution in [2.24, 2.45) is 5.73 Å². The fourth-order valence-electron chi connectivity index (χ4n) is 5.01. The molecule has 234 valence electrons. The molecule has 0 spiro atoms. The smallest absolute Gasteiger partial charge is 0.449 e. The van der Waals surface area contributed by atoms with Crippen molar-refractivity contribution in [2.75, 3.05) is 11.9 Å². The molecule has 0 aromatic heterocycles. The van der Waals surface area contributed by atoms with Crippen LogP contribution in [-0.4, -0.2) is 41.6 Å². The Balaban J connectivity index is 1.12. The van der Waals surface area contributed by atoms with Gasteiger partial charge in [-0.25, -0.2) is 9.59 Å². The number of primary amides is 1. The van der Waals surface area contributed by atoms with Crippen molar-refractivity contribution in [2.45, 2.75) is 25.0 Å². The molecule has 0 aliphatic heterocycles. The van der Waals surface area contributed by atoms with E-state index < -0.39 is 41.4 Å². The molecule has 1 aliphatic rings. The fourth-order valence-corrected chi connectivity index (χ4v) is 5.01. The van der Waals surface area contributed by atoms with Gasteiger partial charge in [-0.15, -0.1) is 0 Å². The van der Waals surface area contributed by atoms with Crippen LogP contribution in [0.1, 0.15) is 29.0 Å². The second-order valence-electron chi connectivity index (χ2n) is 10.3. The lowest BCUT2D eigenvalue weighted by Gasteiger charge is -2.19. The molecule has 46 heavy (non-hydrogen) atoms. The van der Waals surface area contributed by atoms with E-state index in [2.05, 4.69) is 10.6 Å². The van der Waals surface area contributed by atoms with Gasteiger partial charge in [0.2, 0.25) is 11.8 Å². The predicted molar refractivity (Wildman–Crippen MR) is 165 cm³/mol. The number of nitro groups is 1. The first-order chi connectivity index (χ1) is 22.2. The van der Waals surface area contributed by atoms with E-state index in [1.807, 2.05) is 48.5 Å². The van der Waals surface area contributed by atoms with Crippen LogP contribution in [0.4, 0.5) is 21.0 Å². The predicted octanol–water partition coefficient (Wildman–Crippen LogP) is 5.03. The van der Waals surface area contributed by atoms with Crippen LogP contribution in [-0.2, 0) is 25.7 Å². The van der Waals surface area contributed by atoms with Crippen LogP contribution in [0.5, 0.6) is 5.75 Å². The second-order valence-corrected chi connectivity index (χ2v) is 10.3. The summed E-state index contributed by atoms with van der Waals surface area (Å²) in [5.74, 6) is -1.60. The summed E-state index contributed by atoms with van der Waals surface area (Å²) in [7, 11) is 0. The number of nitrogens with two attached hydrogens (primary N) is 1. The second kappa shape index (κ2) is 14.0. The first-order valence-electron chi connectivity index (χ1n) is 14.1. The van der Waals surface area contributed by atoms with Gasteiger partial charge in [-0.2, -0.15) is 0 Å². The van der Waals surface area contributed by atoms with Crippen molar-refractivity contribution in [3.8, 4) is 16.9 Å². The number of carbonyl (C=O) groups excluding carboxylic acids is 4. The minimum Gasteiger partial charge on any atom is -0.449 e. The Hall–Kier alpha value is -6.24. The number of hydrogen-bond acceptors (Lipinski definition) is 9. The molecule has 0 unspecified atom stereocenters. The highest BCUT2D eigenvalue weighted by Crippen LogP contribution is 2.44. The SMILES string of the molecule is NC(=O)C[C@H](NC(=O)OCC1c2ccccc2-c2ccccc21)C(=O)Nc1ccc(COC(=O)Oc2ccc([N+](=O)[O-])cc2)cc1. The number of alkyl carbamates (subject to hydrolysis) is 1. The molecule has 0 radical (unpaired) electrons. The lowest BCUT2D eigenvalue weighted by Crippen LogP contribution is -2.46. The van der Waals surface area contributed by atoms with E-state index in [0.29, 0.717) is 11.3 Å². The maximum atomic E-state index is 13.0. The zero-order valence-electron chi connectivity index (χ0n) is 24.2. The van der Waals surface area contributed by atoms with Crippen molar-refractivity contribution in [1.29, 1.82) is 0 Å². The van der Waals surface area contributed by atoms with Crippen LogP contribution < -0.4 is 21.1 Å². The van der Waals surface area contributed by atoms with Gasteiger partial charge in [-0.3, -0.25) is 19.7 Å². The zero-order valence-corrected chi connectivity index (χ0v) is 24.2. The normalized spacial score (nSPS) is 12.2. The number of ether oxygens (including phenoxy) is 3. The average molecular weight is 625 g/mol. The zero-order chi connectivity index (χ0) is 32.6. The fraction of sp³-hybridized carbons (Fsp3) is 0.152. The summed E-state index contributed by atoms with van der Waals surface area (Å²) in [6, 6.07) is 25.6. The highest BCUT2D eigenvalue weighted by molar-refractivity contribution is 5.99. The largest absolute Gasteiger partial charge is 0.514 e. The Kier molecular flexibility index (Phi) is 9.51. The Labute approximate surface area is 262 Å². The Morgan fingerprint density at radius 3 is 2.02 bits per heavy atom. The van der Waals surface area contributed by atoms with Crippen LogP contribution in [0.15, 0.2) is 97.1 Å². The van der Waals surface area contributed by atoms with Gasteiger partial charge >= 0.3 is 12.2 Å². The van der Waals surface area contributed by atoms with E-state index in [1.165, 1.54) is 36.4 Å². The molecule has 0 heterocycles. The molecule has 4 aromatic carbocycles. The molecule has 0 fully saturated rings. The standard InChI is InChI=1S/C33H28N4O9/c34-30(38)17-29(36-32(40)44-19-28-26-7-3-1-5-24(26)25-6-2-4-8-27(25)28)31(39)35-21-11-9-20(10-12-21)18-45-33(41)46-23-15-13-22(14-16-23)37(42)43/h1-16,28-29H,17-19H2,(H2,34,38)(H,35,39)(H,36,40)/t29-/m0/s1. The van der Waals surface area contributed by atoms with Crippen LogP contribution >= 0.6 is 0 Å². The van der Waals surface area contributed by atoms with E-state index >= 15 is 0 Å². The highest BCUT2D eigenvalue weighted by Gasteiger charge is 2.30. The lowest BCUT2D eigenvalue weighted by atomic mass is 9.98. The third-order valence-electron chi connectivity index (χ3n) is 7.18. The Morgan fingerprint density at radius 2 is 1.43 bits per heavy atom. The van der Waals surface area contributed by atoms with E-state index in [1.54, 1.807) is 12.1 Å². The quantitative estimate of drug-likeness (QED) is 0.0889. The van der Waals surface area contributed by atoms with Crippen molar-refractivity contribution in [3.05, 3.63) is 124 Å². The topological polar surface area (TPSA) is 189 Å². The van der Waals surface area contributed by atoms with Gasteiger partial charge < -0.3 is 30.6 Å². The van der Waals surface area contributed by atoms with Crippen molar-refractivity contribution < 1.29 is 38.3 Å². The molecule has 1 atom stereocenters. The van der Waals surface area contributed by atoms with Gasteiger partial charge in [0.15, 0.2) is 0 Å². The maximum absolute atomic E-state index is 13.0. The van der Waals surface area contributed by atoms with Gasteiger partial charge in [0.25, 0.3) is 5.69 Å². The minimum atomic E-state index is -1.30. The van der Waals surface area contributed by atoms with Gasteiger partial charge in [0, 0.05) is 23.7 Å². The molecule has 13 heteroatoms. The number of amides is 3. The molecule has 0 saturated heterocycles. The number of rotatable bonds is 11. The molecule has 3 amide bonds. The number of nitrogens with one attached hydrogen (secondary N) is 2. The monoisotopic (exact) mass is 624 g/mol. The van der Waals surface area contributed by atoms with Crippen LogP contribution in [0.25, 0.3) is 11.1 Å². The van der Waals surface area contributed by atoms with Gasteiger partial charge in [0.05, 0.1) is 11.3 Å². The van der Waals surface area contributed by atoms with Crippen molar-refractivity contribution >= 4 is 35.4 Å². The molecule has 0 bridgehead atoms. The Bertz CT molecular complexity index is 1730. The summed E-state index contributed by atoms with van der Waals surface area (Å²) in [6.45, 7) is -0.136. The maximum Gasteiger partial charge on any atom is 0.514 e. The van der Waals surface area contributed by atoms with E-state index in [-0.39, 0.29) is 30.6 Å². The molecule has 13 nitrogen and oxygen atoms in total. The first-order valence-corrected chi connectivity index (χ1v) is 14.1. The van der Waals surface area contributed by atoms with E-state index in [4.69, 9.17) is 19.9 Å². The number of non-ortho nitro benzene ring substituents is 1. The van der Waals surface area contributed by atoms with Crippen molar-refractivity contribution in [3.63, 3.8) is 0 Å². The van der Waals surface area contributed by atoms with Crippen LogP contribution in [0.2, 0.25) is 0 Å². The minimum absolute atomic E-state index is 0.0235. The summed E-state index contributed by atoms with van der Waals surface area (Å²) in [5.41, 5.74) is 10.3. The van der Waals surface area contributed by atoms with E-state index in [0.717, 1.165) is 22.3 Å². The first kappa shape index (κ1) is 31.2. The average Bonchev–Trinajstić information content (AvgIpc) is 3.36. The summed E-state index contributed by atoms with van der Waals surface area (Å²) in [4.78, 5) is 59.6. The number of fused-ring (bicyclic) bond motifs is 3. The van der Waals surface area contributed by atoms with Gasteiger partial charge in [-0.1, -0.05) is 60.7 Å². The van der Waals surface area contributed by atoms with E-state index in [9.17, 15) is 29.3 Å². The summed E-state index contributed by atoms with van der Waals surface area (Å²) < 4.78 is 15.6. The highest BCUT2D eigenvalue weighted by atomic mass is 16.7. The third kappa shape index (κ3) is 7.63. The molecule has 4 aromatic rings. The van der Waals surface area contributed by atoms with Gasteiger partial charge in [-0.05, 0) is 52.1 Å². The summed E-state index contributed by atoms with van der Waals surface area (Å²) in [5, 5.41) is 15.8. The molecule has 5 rings (SSSR count). The molecule has 1 aliphatic carbocycles. The number of benzene rings is 4. The summed E-state index contributed by atoms with van der Waals surface area (Å²) in [6.07, 6.45) is -2.35. The summed E-state index contributed by atoms with van der Waals surface area (Å²) >= 11 is 0. The lowest BCUT2D eigenvalue weighted by molar-refractivity contribution is -0.384. The molecule has 0 saturated carbocycles. The number of hydrogen-bond donors (Lipinski definition) is 3. The van der Waals surface area contributed by atoms with Crippen LogP contribution in [0.3, 0.4) is 0 Å². The van der Waals surface area contributed by atoms with Gasteiger partial charge in [0.1, 0.15) is 25.0 Å².